The Hall–Kier alpha value is -1.36. The predicted octanol–water partition coefficient (Wildman–Crippen LogP) is 0.668. The van der Waals surface area contributed by atoms with Gasteiger partial charge in [0.2, 0.25) is 5.95 Å². The molecule has 0 aromatic carbocycles. The van der Waals surface area contributed by atoms with E-state index in [0.29, 0.717) is 18.1 Å². The second kappa shape index (κ2) is 5.39. The van der Waals surface area contributed by atoms with E-state index >= 15 is 0 Å². The first kappa shape index (κ1) is 10.7. The first-order valence-electron chi connectivity index (χ1n) is 4.49. The van der Waals surface area contributed by atoms with Crippen LogP contribution in [0.1, 0.15) is 13.3 Å². The molecule has 0 aliphatic rings. The van der Waals surface area contributed by atoms with Gasteiger partial charge in [-0.1, -0.05) is 0 Å². The van der Waals surface area contributed by atoms with Crippen molar-refractivity contribution in [2.24, 2.45) is 0 Å². The Morgan fingerprint density at radius 1 is 1.50 bits per heavy atom. The van der Waals surface area contributed by atoms with Crippen molar-refractivity contribution < 1.29 is 9.84 Å². The Balaban J connectivity index is 2.50. The summed E-state index contributed by atoms with van der Waals surface area (Å²) in [5.41, 5.74) is 0. The van der Waals surface area contributed by atoms with Crippen molar-refractivity contribution in [1.82, 2.24) is 9.97 Å². The Labute approximate surface area is 83.2 Å². The maximum absolute atomic E-state index is 8.70. The topological polar surface area (TPSA) is 67.3 Å². The zero-order chi connectivity index (χ0) is 10.4. The smallest absolute Gasteiger partial charge is 0.223 e. The molecule has 0 amide bonds. The number of nitrogens with zero attached hydrogens (tertiary/aromatic N) is 2. The molecule has 0 saturated heterocycles. The average molecular weight is 197 g/mol. The van der Waals surface area contributed by atoms with Crippen LogP contribution in [0.25, 0.3) is 0 Å². The lowest BCUT2D eigenvalue weighted by Gasteiger charge is -2.11. The third-order valence-electron chi connectivity index (χ3n) is 1.80. The number of ether oxygens (including phenoxy) is 1. The van der Waals surface area contributed by atoms with E-state index in [1.165, 1.54) is 0 Å². The van der Waals surface area contributed by atoms with Gasteiger partial charge in [0, 0.05) is 12.6 Å². The molecule has 1 unspecified atom stereocenters. The second-order valence-corrected chi connectivity index (χ2v) is 3.00. The zero-order valence-electron chi connectivity index (χ0n) is 8.40. The van der Waals surface area contributed by atoms with E-state index in [2.05, 4.69) is 15.3 Å². The fourth-order valence-electron chi connectivity index (χ4n) is 0.982. The highest BCUT2D eigenvalue weighted by atomic mass is 16.5. The Morgan fingerprint density at radius 2 is 2.14 bits per heavy atom. The minimum Gasteiger partial charge on any atom is -0.494 e. The van der Waals surface area contributed by atoms with E-state index < -0.39 is 0 Å². The van der Waals surface area contributed by atoms with Gasteiger partial charge in [0.1, 0.15) is 0 Å². The number of aliphatic hydroxyl groups is 1. The summed E-state index contributed by atoms with van der Waals surface area (Å²) in [7, 11) is 1.57. The van der Waals surface area contributed by atoms with Crippen molar-refractivity contribution in [3.8, 4) is 5.75 Å². The highest BCUT2D eigenvalue weighted by molar-refractivity contribution is 5.27. The van der Waals surface area contributed by atoms with Gasteiger partial charge in [-0.2, -0.15) is 0 Å². The summed E-state index contributed by atoms with van der Waals surface area (Å²) in [5.74, 6) is 1.18. The van der Waals surface area contributed by atoms with Gasteiger partial charge in [0.15, 0.2) is 5.75 Å². The van der Waals surface area contributed by atoms with Gasteiger partial charge in [-0.25, -0.2) is 9.97 Å². The number of nitrogens with one attached hydrogen (secondary N) is 1. The van der Waals surface area contributed by atoms with E-state index in [1.807, 2.05) is 6.92 Å². The summed E-state index contributed by atoms with van der Waals surface area (Å²) in [6.07, 6.45) is 3.87. The first-order valence-corrected chi connectivity index (χ1v) is 4.49. The van der Waals surface area contributed by atoms with E-state index in [-0.39, 0.29) is 12.6 Å². The molecule has 0 bridgehead atoms. The monoisotopic (exact) mass is 197 g/mol. The molecule has 1 heterocycles. The van der Waals surface area contributed by atoms with E-state index in [9.17, 15) is 0 Å². The lowest BCUT2D eigenvalue weighted by molar-refractivity contribution is 0.282. The van der Waals surface area contributed by atoms with Crippen LogP contribution in [0.4, 0.5) is 5.95 Å². The summed E-state index contributed by atoms with van der Waals surface area (Å²) >= 11 is 0. The van der Waals surface area contributed by atoms with Crippen LogP contribution in [0.2, 0.25) is 0 Å². The standard InChI is InChI=1S/C9H15N3O2/c1-7(3-4-13)12-9-10-5-8(14-2)6-11-9/h5-7,13H,3-4H2,1-2H3,(H,10,11,12). The fourth-order valence-corrected chi connectivity index (χ4v) is 0.982. The van der Waals surface area contributed by atoms with Gasteiger partial charge in [-0.15, -0.1) is 0 Å². The van der Waals surface area contributed by atoms with Crippen LogP contribution in [0.3, 0.4) is 0 Å². The Morgan fingerprint density at radius 3 is 2.64 bits per heavy atom. The number of anilines is 1. The molecule has 1 atom stereocenters. The summed E-state index contributed by atoms with van der Waals surface area (Å²) in [6, 6.07) is 0.161. The minimum absolute atomic E-state index is 0.157. The quantitative estimate of drug-likeness (QED) is 0.726. The number of aromatic nitrogens is 2. The summed E-state index contributed by atoms with van der Waals surface area (Å²) < 4.78 is 4.93. The molecule has 78 valence electrons. The number of hydrogen-bond donors (Lipinski definition) is 2. The predicted molar refractivity (Wildman–Crippen MR) is 53.4 cm³/mol. The highest BCUT2D eigenvalue weighted by Gasteiger charge is 2.02. The molecular formula is C9H15N3O2. The zero-order valence-corrected chi connectivity index (χ0v) is 8.40. The molecule has 5 nitrogen and oxygen atoms in total. The third-order valence-corrected chi connectivity index (χ3v) is 1.80. The fraction of sp³-hybridized carbons (Fsp3) is 0.556. The molecule has 0 radical (unpaired) electrons. The van der Waals surface area contributed by atoms with Crippen LogP contribution >= 0.6 is 0 Å². The number of hydrogen-bond acceptors (Lipinski definition) is 5. The van der Waals surface area contributed by atoms with Crippen molar-refractivity contribution in [2.75, 3.05) is 19.0 Å². The lowest BCUT2D eigenvalue weighted by atomic mass is 10.2. The molecule has 0 saturated carbocycles. The van der Waals surface area contributed by atoms with Crippen LogP contribution in [0.15, 0.2) is 12.4 Å². The van der Waals surface area contributed by atoms with E-state index in [4.69, 9.17) is 9.84 Å². The van der Waals surface area contributed by atoms with Gasteiger partial charge in [0.25, 0.3) is 0 Å². The maximum Gasteiger partial charge on any atom is 0.223 e. The van der Waals surface area contributed by atoms with E-state index in [1.54, 1.807) is 19.5 Å². The molecule has 5 heteroatoms. The SMILES string of the molecule is COc1cnc(NC(C)CCO)nc1. The molecule has 1 aromatic rings. The van der Waals surface area contributed by atoms with Gasteiger partial charge in [-0.05, 0) is 13.3 Å². The molecule has 0 aliphatic heterocycles. The third kappa shape index (κ3) is 3.18. The van der Waals surface area contributed by atoms with E-state index in [0.717, 1.165) is 0 Å². The molecule has 0 aliphatic carbocycles. The van der Waals surface area contributed by atoms with Crippen molar-refractivity contribution in [1.29, 1.82) is 0 Å². The number of rotatable bonds is 5. The normalized spacial score (nSPS) is 12.2. The Kier molecular flexibility index (Phi) is 4.12. The number of methoxy groups -OCH3 is 1. The summed E-state index contributed by atoms with van der Waals surface area (Å²) in [4.78, 5) is 8.09. The van der Waals surface area contributed by atoms with Gasteiger partial charge >= 0.3 is 0 Å². The molecule has 14 heavy (non-hydrogen) atoms. The van der Waals surface area contributed by atoms with Gasteiger partial charge in [-0.3, -0.25) is 0 Å². The molecule has 1 aromatic heterocycles. The first-order chi connectivity index (χ1) is 6.76. The van der Waals surface area contributed by atoms with Crippen molar-refractivity contribution in [2.45, 2.75) is 19.4 Å². The summed E-state index contributed by atoms with van der Waals surface area (Å²) in [6.45, 7) is 2.12. The van der Waals surface area contributed by atoms with Crippen molar-refractivity contribution in [3.63, 3.8) is 0 Å². The molecule has 1 rings (SSSR count). The molecular weight excluding hydrogens is 182 g/mol. The molecule has 0 spiro atoms. The largest absolute Gasteiger partial charge is 0.494 e. The molecule has 0 fully saturated rings. The van der Waals surface area contributed by atoms with Crippen LogP contribution in [-0.4, -0.2) is 34.8 Å². The average Bonchev–Trinajstić information content (AvgIpc) is 2.19. The highest BCUT2D eigenvalue weighted by Crippen LogP contribution is 2.08. The summed E-state index contributed by atoms with van der Waals surface area (Å²) in [5, 5.41) is 11.8. The lowest BCUT2D eigenvalue weighted by Crippen LogP contribution is -2.18. The molecule has 2 N–H and O–H groups in total. The van der Waals surface area contributed by atoms with Gasteiger partial charge in [0.05, 0.1) is 19.5 Å². The van der Waals surface area contributed by atoms with Crippen LogP contribution < -0.4 is 10.1 Å². The van der Waals surface area contributed by atoms with Crippen LogP contribution in [-0.2, 0) is 0 Å². The number of aliphatic hydroxyl groups excluding tert-OH is 1. The second-order valence-electron chi connectivity index (χ2n) is 3.00. The van der Waals surface area contributed by atoms with Crippen molar-refractivity contribution in [3.05, 3.63) is 12.4 Å². The van der Waals surface area contributed by atoms with Gasteiger partial charge < -0.3 is 15.2 Å². The van der Waals surface area contributed by atoms with Crippen molar-refractivity contribution >= 4 is 5.95 Å². The maximum atomic E-state index is 8.70. The van der Waals surface area contributed by atoms with Crippen LogP contribution in [0.5, 0.6) is 5.75 Å². The Bertz CT molecular complexity index is 263. The van der Waals surface area contributed by atoms with Crippen LogP contribution in [0, 0.1) is 0 Å². The minimum atomic E-state index is 0.157.